The summed E-state index contributed by atoms with van der Waals surface area (Å²) in [4.78, 5) is 50.6. The molecular formula is C22H22F2N4O7. The van der Waals surface area contributed by atoms with E-state index in [0.29, 0.717) is 11.1 Å². The molecule has 1 fully saturated rings. The minimum atomic E-state index is -3.03. The second-order valence-electron chi connectivity index (χ2n) is 7.86. The summed E-state index contributed by atoms with van der Waals surface area (Å²) in [6.07, 6.45) is 0. The van der Waals surface area contributed by atoms with Crippen LogP contribution in [0, 0.1) is 10.1 Å². The van der Waals surface area contributed by atoms with Crippen LogP contribution in [0.25, 0.3) is 0 Å². The molecule has 1 heterocycles. The first kappa shape index (κ1) is 25.3. The third-order valence-corrected chi connectivity index (χ3v) is 5.51. The number of benzene rings is 2. The van der Waals surface area contributed by atoms with Crippen molar-refractivity contribution in [3.63, 3.8) is 0 Å². The molecule has 0 radical (unpaired) electrons. The number of halogens is 2. The number of nitro groups is 1. The highest BCUT2D eigenvalue weighted by molar-refractivity contribution is 6.09. The summed E-state index contributed by atoms with van der Waals surface area (Å²) in [7, 11) is 2.73. The molecule has 3 rings (SSSR count). The van der Waals surface area contributed by atoms with Gasteiger partial charge in [-0.2, -0.15) is 8.78 Å². The van der Waals surface area contributed by atoms with Crippen LogP contribution in [-0.2, 0) is 21.7 Å². The van der Waals surface area contributed by atoms with Crippen molar-refractivity contribution in [3.8, 4) is 11.5 Å². The Labute approximate surface area is 198 Å². The number of methoxy groups -OCH3 is 1. The molecule has 186 valence electrons. The van der Waals surface area contributed by atoms with Crippen LogP contribution >= 0.6 is 0 Å². The lowest BCUT2D eigenvalue weighted by molar-refractivity contribution is -0.384. The number of imide groups is 1. The number of likely N-dealkylation sites (N-methyl/N-ethyl adjacent to an activating group) is 1. The van der Waals surface area contributed by atoms with Gasteiger partial charge in [-0.3, -0.25) is 24.6 Å². The lowest BCUT2D eigenvalue weighted by Crippen LogP contribution is -2.43. The fraction of sp³-hybridized carbons (Fsp3) is 0.318. The second kappa shape index (κ2) is 9.91. The van der Waals surface area contributed by atoms with Gasteiger partial charge in [-0.15, -0.1) is 0 Å². The largest absolute Gasteiger partial charge is 0.493 e. The topological polar surface area (TPSA) is 131 Å². The summed E-state index contributed by atoms with van der Waals surface area (Å²) in [5, 5.41) is 13.4. The van der Waals surface area contributed by atoms with E-state index in [1.165, 1.54) is 68.4 Å². The third-order valence-electron chi connectivity index (χ3n) is 5.51. The fourth-order valence-corrected chi connectivity index (χ4v) is 3.57. The Balaban J connectivity index is 1.69. The number of amides is 4. The minimum absolute atomic E-state index is 0.0351. The van der Waals surface area contributed by atoms with Crippen LogP contribution in [0.3, 0.4) is 0 Å². The lowest BCUT2D eigenvalue weighted by Gasteiger charge is -2.23. The third kappa shape index (κ3) is 5.28. The van der Waals surface area contributed by atoms with E-state index in [2.05, 4.69) is 10.1 Å². The summed E-state index contributed by atoms with van der Waals surface area (Å²) in [5.74, 6) is -1.36. The van der Waals surface area contributed by atoms with Gasteiger partial charge in [0.15, 0.2) is 11.5 Å². The van der Waals surface area contributed by atoms with Gasteiger partial charge in [-0.1, -0.05) is 6.07 Å². The van der Waals surface area contributed by atoms with E-state index in [9.17, 15) is 33.3 Å². The van der Waals surface area contributed by atoms with Crippen molar-refractivity contribution >= 4 is 23.5 Å². The molecule has 0 aromatic heterocycles. The molecular weight excluding hydrogens is 470 g/mol. The van der Waals surface area contributed by atoms with Gasteiger partial charge in [0.1, 0.15) is 12.1 Å². The van der Waals surface area contributed by atoms with Crippen molar-refractivity contribution in [3.05, 3.63) is 63.7 Å². The Morgan fingerprint density at radius 3 is 2.43 bits per heavy atom. The summed E-state index contributed by atoms with van der Waals surface area (Å²) in [6, 6.07) is 8.56. The zero-order valence-corrected chi connectivity index (χ0v) is 19.0. The number of nitro benzene ring substituents is 1. The monoisotopic (exact) mass is 492 g/mol. The summed E-state index contributed by atoms with van der Waals surface area (Å²) in [6.45, 7) is -2.10. The van der Waals surface area contributed by atoms with Crippen molar-refractivity contribution in [1.29, 1.82) is 0 Å². The maximum Gasteiger partial charge on any atom is 0.387 e. The van der Waals surface area contributed by atoms with Crippen molar-refractivity contribution < 1.29 is 37.6 Å². The summed E-state index contributed by atoms with van der Waals surface area (Å²) < 4.78 is 34.4. The highest BCUT2D eigenvalue weighted by Crippen LogP contribution is 2.31. The van der Waals surface area contributed by atoms with Crippen LogP contribution in [0.4, 0.5) is 19.3 Å². The number of carbonyl (C=O) groups is 3. The molecule has 11 nitrogen and oxygen atoms in total. The molecule has 1 saturated heterocycles. The number of carbonyl (C=O) groups excluding carboxylic acids is 3. The van der Waals surface area contributed by atoms with Crippen LogP contribution in [0.5, 0.6) is 11.5 Å². The smallest absolute Gasteiger partial charge is 0.387 e. The van der Waals surface area contributed by atoms with E-state index < -0.39 is 41.5 Å². The molecule has 1 atom stereocenters. The molecule has 1 aliphatic heterocycles. The van der Waals surface area contributed by atoms with E-state index in [4.69, 9.17) is 4.74 Å². The van der Waals surface area contributed by atoms with Crippen molar-refractivity contribution in [2.75, 3.05) is 20.7 Å². The predicted molar refractivity (Wildman–Crippen MR) is 117 cm³/mol. The van der Waals surface area contributed by atoms with Crippen molar-refractivity contribution in [2.45, 2.75) is 25.6 Å². The molecule has 35 heavy (non-hydrogen) atoms. The number of alkyl halides is 2. The van der Waals surface area contributed by atoms with Crippen LogP contribution in [-0.4, -0.2) is 59.9 Å². The number of hydrogen-bond donors (Lipinski definition) is 1. The second-order valence-corrected chi connectivity index (χ2v) is 7.86. The van der Waals surface area contributed by atoms with Gasteiger partial charge in [0, 0.05) is 25.7 Å². The molecule has 2 aromatic rings. The average Bonchev–Trinajstić information content (AvgIpc) is 3.03. The van der Waals surface area contributed by atoms with Crippen LogP contribution < -0.4 is 14.8 Å². The normalized spacial score (nSPS) is 17.4. The molecule has 0 unspecified atom stereocenters. The summed E-state index contributed by atoms with van der Waals surface area (Å²) in [5.41, 5.74) is -0.817. The van der Waals surface area contributed by atoms with E-state index in [1.807, 2.05) is 0 Å². The first-order valence-corrected chi connectivity index (χ1v) is 10.2. The number of non-ortho nitro benzene ring substituents is 1. The van der Waals surface area contributed by atoms with Crippen molar-refractivity contribution in [2.24, 2.45) is 0 Å². The van der Waals surface area contributed by atoms with Gasteiger partial charge < -0.3 is 19.7 Å². The lowest BCUT2D eigenvalue weighted by atomic mass is 9.92. The highest BCUT2D eigenvalue weighted by Gasteiger charge is 2.49. The maximum atomic E-state index is 13.0. The van der Waals surface area contributed by atoms with Gasteiger partial charge >= 0.3 is 12.6 Å². The number of ether oxygens (including phenoxy) is 2. The zero-order valence-electron chi connectivity index (χ0n) is 19.0. The first-order valence-electron chi connectivity index (χ1n) is 10.2. The predicted octanol–water partition coefficient (Wildman–Crippen LogP) is 2.63. The standard InChI is InChI=1S/C22H22F2N4O7/c1-22(14-5-7-15(8-6-14)28(32)33)19(30)27(21(31)25-22)12-18(29)26(2)11-13-4-9-16(35-20(23)24)17(10-13)34-3/h4-10,20H,11-12H2,1-3H3,(H,25,31)/t22-/m1/s1. The van der Waals surface area contributed by atoms with E-state index in [-0.39, 0.29) is 23.7 Å². The Bertz CT molecular complexity index is 1160. The molecule has 4 amide bonds. The fourth-order valence-electron chi connectivity index (χ4n) is 3.57. The summed E-state index contributed by atoms with van der Waals surface area (Å²) >= 11 is 0. The number of nitrogens with one attached hydrogen (secondary N) is 1. The van der Waals surface area contributed by atoms with Crippen LogP contribution in [0.15, 0.2) is 42.5 Å². The Kier molecular flexibility index (Phi) is 7.17. The maximum absolute atomic E-state index is 13.0. The highest BCUT2D eigenvalue weighted by atomic mass is 19.3. The molecule has 0 spiro atoms. The molecule has 1 N–H and O–H groups in total. The Morgan fingerprint density at radius 1 is 1.20 bits per heavy atom. The van der Waals surface area contributed by atoms with E-state index in [1.54, 1.807) is 0 Å². The van der Waals surface area contributed by atoms with Gasteiger partial charge in [0.25, 0.3) is 11.6 Å². The Morgan fingerprint density at radius 2 is 1.86 bits per heavy atom. The first-order chi connectivity index (χ1) is 16.5. The van der Waals surface area contributed by atoms with E-state index in [0.717, 1.165) is 4.90 Å². The molecule has 1 aliphatic rings. The van der Waals surface area contributed by atoms with Gasteiger partial charge in [0.05, 0.1) is 12.0 Å². The quantitative estimate of drug-likeness (QED) is 0.323. The molecule has 13 heteroatoms. The van der Waals surface area contributed by atoms with Crippen LogP contribution in [0.2, 0.25) is 0 Å². The zero-order chi connectivity index (χ0) is 25.9. The number of urea groups is 1. The number of rotatable bonds is 9. The Hall–Kier alpha value is -4.29. The van der Waals surface area contributed by atoms with Crippen molar-refractivity contribution in [1.82, 2.24) is 15.1 Å². The van der Waals surface area contributed by atoms with Gasteiger partial charge in [-0.25, -0.2) is 4.79 Å². The van der Waals surface area contributed by atoms with Gasteiger partial charge in [0.2, 0.25) is 5.91 Å². The minimum Gasteiger partial charge on any atom is -0.493 e. The number of nitrogens with zero attached hydrogens (tertiary/aromatic N) is 3. The molecule has 0 bridgehead atoms. The van der Waals surface area contributed by atoms with Gasteiger partial charge in [-0.05, 0) is 42.3 Å². The van der Waals surface area contributed by atoms with E-state index >= 15 is 0 Å². The van der Waals surface area contributed by atoms with Crippen LogP contribution in [0.1, 0.15) is 18.1 Å². The molecule has 2 aromatic carbocycles. The average molecular weight is 492 g/mol. The molecule has 0 saturated carbocycles. The molecule has 0 aliphatic carbocycles. The SMILES string of the molecule is COc1cc(CN(C)C(=O)CN2C(=O)N[C@](C)(c3ccc([N+](=O)[O-])cc3)C2=O)ccc1OC(F)F. The number of hydrogen-bond acceptors (Lipinski definition) is 7.